The van der Waals surface area contributed by atoms with E-state index in [-0.39, 0.29) is 5.78 Å². The lowest BCUT2D eigenvalue weighted by atomic mass is 9.80. The van der Waals surface area contributed by atoms with Crippen molar-refractivity contribution in [1.82, 2.24) is 0 Å². The molecule has 0 fully saturated rings. The Morgan fingerprint density at radius 3 is 2.39 bits per heavy atom. The molecular formula is C15H20O3. The number of hydrogen-bond acceptors (Lipinski definition) is 3. The molecule has 0 spiro atoms. The summed E-state index contributed by atoms with van der Waals surface area (Å²) in [5, 5.41) is 0. The fourth-order valence-electron chi connectivity index (χ4n) is 2.22. The van der Waals surface area contributed by atoms with Gasteiger partial charge in [-0.3, -0.25) is 9.59 Å². The highest BCUT2D eigenvalue weighted by Gasteiger charge is 2.42. The first-order valence-electron chi connectivity index (χ1n) is 5.99. The van der Waals surface area contributed by atoms with Gasteiger partial charge in [0.25, 0.3) is 0 Å². The van der Waals surface area contributed by atoms with Gasteiger partial charge in [0.2, 0.25) is 0 Å². The van der Waals surface area contributed by atoms with Gasteiger partial charge in [0, 0.05) is 0 Å². The van der Waals surface area contributed by atoms with Crippen molar-refractivity contribution in [3.05, 3.63) is 35.5 Å². The lowest BCUT2D eigenvalue weighted by Crippen LogP contribution is -2.36. The first-order valence-corrected chi connectivity index (χ1v) is 5.99. The molecule has 0 heterocycles. The summed E-state index contributed by atoms with van der Waals surface area (Å²) in [6.07, 6.45) is 4.52. The number of rotatable bonds is 2. The normalized spacial score (nSPS) is 23.6. The molecule has 3 heteroatoms. The summed E-state index contributed by atoms with van der Waals surface area (Å²) in [7, 11) is 1.31. The van der Waals surface area contributed by atoms with Crippen LogP contribution in [0.3, 0.4) is 0 Å². The Balaban J connectivity index is 3.30. The van der Waals surface area contributed by atoms with E-state index in [0.29, 0.717) is 12.8 Å². The van der Waals surface area contributed by atoms with Gasteiger partial charge < -0.3 is 4.74 Å². The van der Waals surface area contributed by atoms with Crippen LogP contribution < -0.4 is 0 Å². The largest absolute Gasteiger partial charge is 0.468 e. The number of ether oxygens (including phenoxy) is 1. The molecule has 1 aliphatic rings. The molecule has 18 heavy (non-hydrogen) atoms. The van der Waals surface area contributed by atoms with Crippen molar-refractivity contribution in [1.29, 1.82) is 0 Å². The summed E-state index contributed by atoms with van der Waals surface area (Å²) >= 11 is 0. The van der Waals surface area contributed by atoms with Crippen molar-refractivity contribution in [2.75, 3.05) is 7.11 Å². The third-order valence-electron chi connectivity index (χ3n) is 3.45. The molecule has 0 aromatic rings. The third-order valence-corrected chi connectivity index (χ3v) is 3.45. The summed E-state index contributed by atoms with van der Waals surface area (Å²) in [5.74, 6) is -0.678. The summed E-state index contributed by atoms with van der Waals surface area (Å²) in [6.45, 7) is 9.42. The average molecular weight is 248 g/mol. The second-order valence-corrected chi connectivity index (χ2v) is 4.87. The first kappa shape index (κ1) is 14.4. The van der Waals surface area contributed by atoms with Crippen molar-refractivity contribution in [3.8, 4) is 0 Å². The molecule has 0 aromatic heterocycles. The molecule has 0 bridgehead atoms. The molecule has 0 saturated heterocycles. The van der Waals surface area contributed by atoms with Crippen LogP contribution in [0.25, 0.3) is 0 Å². The van der Waals surface area contributed by atoms with E-state index in [1.165, 1.54) is 14.0 Å². The van der Waals surface area contributed by atoms with Gasteiger partial charge in [0.05, 0.1) is 7.11 Å². The Hall–Kier alpha value is -1.64. The molecular weight excluding hydrogens is 228 g/mol. The maximum atomic E-state index is 11.9. The average Bonchev–Trinajstić information content (AvgIpc) is 2.48. The van der Waals surface area contributed by atoms with Gasteiger partial charge >= 0.3 is 5.97 Å². The van der Waals surface area contributed by atoms with E-state index in [1.54, 1.807) is 6.08 Å². The van der Waals surface area contributed by atoms with Gasteiger partial charge in [0.15, 0.2) is 5.78 Å². The maximum absolute atomic E-state index is 11.9. The van der Waals surface area contributed by atoms with Gasteiger partial charge in [-0.05, 0) is 44.8 Å². The Morgan fingerprint density at radius 1 is 1.33 bits per heavy atom. The fourth-order valence-corrected chi connectivity index (χ4v) is 2.22. The summed E-state index contributed by atoms with van der Waals surface area (Å²) in [4.78, 5) is 23.8. The number of esters is 1. The van der Waals surface area contributed by atoms with E-state index in [0.717, 1.165) is 16.7 Å². The standard InChI is InChI=1S/C15H20O3/c1-10(2)13-7-9-15(12(4)16,14(17)18-5)8-6-11(13)3/h7,9H,3,6,8H2,1-2,4-5H3. The molecule has 0 N–H and O–H groups in total. The summed E-state index contributed by atoms with van der Waals surface area (Å²) in [5.41, 5.74) is 1.94. The lowest BCUT2D eigenvalue weighted by molar-refractivity contribution is -0.154. The predicted octanol–water partition coefficient (Wildman–Crippen LogP) is 2.98. The minimum Gasteiger partial charge on any atom is -0.468 e. The van der Waals surface area contributed by atoms with Crippen molar-refractivity contribution in [3.63, 3.8) is 0 Å². The van der Waals surface area contributed by atoms with Crippen LogP contribution in [0, 0.1) is 5.41 Å². The van der Waals surface area contributed by atoms with Crippen LogP contribution >= 0.6 is 0 Å². The Labute approximate surface area is 108 Å². The van der Waals surface area contributed by atoms with E-state index in [2.05, 4.69) is 6.58 Å². The molecule has 0 radical (unpaired) electrons. The van der Waals surface area contributed by atoms with E-state index in [9.17, 15) is 9.59 Å². The lowest BCUT2D eigenvalue weighted by Gasteiger charge is -2.23. The van der Waals surface area contributed by atoms with Crippen molar-refractivity contribution >= 4 is 11.8 Å². The fraction of sp³-hybridized carbons (Fsp3) is 0.467. The zero-order valence-corrected chi connectivity index (χ0v) is 11.5. The monoisotopic (exact) mass is 248 g/mol. The van der Waals surface area contributed by atoms with E-state index < -0.39 is 11.4 Å². The zero-order valence-electron chi connectivity index (χ0n) is 11.5. The second kappa shape index (κ2) is 5.34. The highest BCUT2D eigenvalue weighted by Crippen LogP contribution is 2.36. The predicted molar refractivity (Wildman–Crippen MR) is 71.0 cm³/mol. The molecule has 0 amide bonds. The molecule has 0 aromatic carbocycles. The van der Waals surface area contributed by atoms with Crippen LogP contribution in [-0.4, -0.2) is 18.9 Å². The van der Waals surface area contributed by atoms with Crippen LogP contribution in [0.4, 0.5) is 0 Å². The van der Waals surface area contributed by atoms with Crippen molar-refractivity contribution in [2.45, 2.75) is 33.6 Å². The van der Waals surface area contributed by atoms with Crippen LogP contribution in [-0.2, 0) is 14.3 Å². The van der Waals surface area contributed by atoms with Crippen LogP contribution in [0.1, 0.15) is 33.6 Å². The highest BCUT2D eigenvalue weighted by molar-refractivity contribution is 6.05. The molecule has 3 nitrogen and oxygen atoms in total. The maximum Gasteiger partial charge on any atom is 0.323 e. The SMILES string of the molecule is C=C1CCC(C(C)=O)(C(=O)OC)C=CC1=C(C)C. The molecule has 0 aliphatic heterocycles. The third kappa shape index (κ3) is 2.45. The molecule has 0 saturated carbocycles. The quantitative estimate of drug-likeness (QED) is 0.557. The van der Waals surface area contributed by atoms with Crippen LogP contribution in [0.5, 0.6) is 0 Å². The minimum atomic E-state index is -1.16. The van der Waals surface area contributed by atoms with Gasteiger partial charge in [-0.2, -0.15) is 0 Å². The van der Waals surface area contributed by atoms with Crippen LogP contribution in [0.15, 0.2) is 35.5 Å². The first-order chi connectivity index (χ1) is 8.35. The minimum absolute atomic E-state index is 0.187. The molecule has 1 aliphatic carbocycles. The molecule has 1 atom stereocenters. The Morgan fingerprint density at radius 2 is 1.94 bits per heavy atom. The number of carbonyl (C=O) groups excluding carboxylic acids is 2. The van der Waals surface area contributed by atoms with Gasteiger partial charge in [-0.15, -0.1) is 0 Å². The topological polar surface area (TPSA) is 43.4 Å². The highest BCUT2D eigenvalue weighted by atomic mass is 16.5. The van der Waals surface area contributed by atoms with Gasteiger partial charge in [-0.25, -0.2) is 0 Å². The molecule has 98 valence electrons. The van der Waals surface area contributed by atoms with E-state index >= 15 is 0 Å². The van der Waals surface area contributed by atoms with Crippen molar-refractivity contribution in [2.24, 2.45) is 5.41 Å². The number of allylic oxidation sites excluding steroid dienone is 4. The van der Waals surface area contributed by atoms with Crippen molar-refractivity contribution < 1.29 is 14.3 Å². The van der Waals surface area contributed by atoms with Gasteiger partial charge in [-0.1, -0.05) is 24.3 Å². The number of Topliss-reactive ketones (excluding diaryl/α,β-unsaturated/α-hetero) is 1. The van der Waals surface area contributed by atoms with E-state index in [4.69, 9.17) is 4.74 Å². The number of hydrogen-bond donors (Lipinski definition) is 0. The smallest absolute Gasteiger partial charge is 0.323 e. The van der Waals surface area contributed by atoms with E-state index in [1.807, 2.05) is 19.9 Å². The Kier molecular flexibility index (Phi) is 4.28. The Bertz CT molecular complexity index is 450. The summed E-state index contributed by atoms with van der Waals surface area (Å²) in [6, 6.07) is 0. The molecule has 1 rings (SSSR count). The number of methoxy groups -OCH3 is 1. The number of carbonyl (C=O) groups is 2. The molecule has 1 unspecified atom stereocenters. The number of ketones is 1. The van der Waals surface area contributed by atoms with Gasteiger partial charge in [0.1, 0.15) is 5.41 Å². The zero-order chi connectivity index (χ0) is 13.9. The second-order valence-electron chi connectivity index (χ2n) is 4.87. The van der Waals surface area contributed by atoms with Crippen LogP contribution in [0.2, 0.25) is 0 Å². The summed E-state index contributed by atoms with van der Waals surface area (Å²) < 4.78 is 4.78.